The van der Waals surface area contributed by atoms with Crippen LogP contribution in [0.25, 0.3) is 0 Å². The summed E-state index contributed by atoms with van der Waals surface area (Å²) < 4.78 is -0.743. The standard InChI is InChI=1S/CHO2.2Sb.3H/c2-1-3;;;;;/h(H,2,3);;;;;. The summed E-state index contributed by atoms with van der Waals surface area (Å²) in [5, 5.41) is 7.46. The predicted octanol–water partition coefficient (Wildman–Crippen LogP) is -1.35. The van der Waals surface area contributed by atoms with E-state index in [4.69, 9.17) is 9.90 Å². The maximum absolute atomic E-state index is 9.04. The molecule has 0 fully saturated rings. The molecule has 0 saturated carbocycles. The van der Waals surface area contributed by atoms with Crippen LogP contribution in [-0.4, -0.2) is 56.5 Å². The van der Waals surface area contributed by atoms with Gasteiger partial charge in [0.05, 0.1) is 0 Å². The molecule has 0 aromatic rings. The molecule has 0 amide bonds. The van der Waals surface area contributed by atoms with Gasteiger partial charge in [-0.2, -0.15) is 0 Å². The van der Waals surface area contributed by atoms with E-state index < -0.39 is 3.92 Å². The van der Waals surface area contributed by atoms with Crippen LogP contribution in [-0.2, 0) is 0 Å². The Bertz CT molecular complexity index is 30.6. The van der Waals surface area contributed by atoms with Gasteiger partial charge in [0.15, 0.2) is 0 Å². The topological polar surface area (TPSA) is 37.3 Å². The van der Waals surface area contributed by atoms with Crippen molar-refractivity contribution in [1.82, 2.24) is 0 Å². The molecule has 0 aromatic carbocycles. The van der Waals surface area contributed by atoms with E-state index in [9.17, 15) is 0 Å². The number of rotatable bonds is 0. The number of hydrogen-bond acceptors (Lipinski definition) is 1. The average molecular weight is 292 g/mol. The second-order valence-electron chi connectivity index (χ2n) is 0.305. The van der Waals surface area contributed by atoms with E-state index >= 15 is 0 Å². The Morgan fingerprint density at radius 1 is 1.80 bits per heavy atom. The molecule has 2 radical (unpaired) electrons. The zero-order valence-corrected chi connectivity index (χ0v) is 8.58. The van der Waals surface area contributed by atoms with E-state index in [0.29, 0.717) is 23.0 Å². The minimum absolute atomic E-state index is 0. The van der Waals surface area contributed by atoms with Crippen molar-refractivity contribution in [3.05, 3.63) is 0 Å². The molecule has 5 heavy (non-hydrogen) atoms. The molecule has 0 aliphatic heterocycles. The molecule has 1 N–H and O–H groups in total. The second-order valence-corrected chi connectivity index (χ2v) is 1.53. The fourth-order valence-corrected chi connectivity index (χ4v) is 0. The van der Waals surface area contributed by atoms with Crippen molar-refractivity contribution in [3.8, 4) is 0 Å². The molecule has 0 saturated heterocycles. The number of carboxylic acid groups (broad SMARTS) is 1. The van der Waals surface area contributed by atoms with Crippen molar-refractivity contribution < 1.29 is 9.90 Å². The molecular weight excluding hydrogens is 288 g/mol. The van der Waals surface area contributed by atoms with E-state index in [1.54, 1.807) is 0 Å². The third kappa shape index (κ3) is 40.3. The summed E-state index contributed by atoms with van der Waals surface area (Å²) in [6, 6.07) is 0. The Kier molecular flexibility index (Phi) is 9.64. The predicted molar refractivity (Wildman–Crippen MR) is 23.7 cm³/mol. The van der Waals surface area contributed by atoms with Gasteiger partial charge in [-0.25, -0.2) is 0 Å². The van der Waals surface area contributed by atoms with Crippen LogP contribution in [0.4, 0.5) is 4.79 Å². The summed E-state index contributed by atoms with van der Waals surface area (Å²) in [4.78, 5) is 9.04. The molecule has 0 heterocycles. The van der Waals surface area contributed by atoms with E-state index in [1.165, 1.54) is 0 Å². The van der Waals surface area contributed by atoms with Crippen molar-refractivity contribution in [3.63, 3.8) is 0 Å². The van der Waals surface area contributed by atoms with Gasteiger partial charge in [-0.15, -0.1) is 0 Å². The Labute approximate surface area is 60.9 Å². The van der Waals surface area contributed by atoms with Crippen LogP contribution < -0.4 is 0 Å². The first-order valence-electron chi connectivity index (χ1n) is 0.678. The van der Waals surface area contributed by atoms with Gasteiger partial charge < -0.3 is 0 Å². The van der Waals surface area contributed by atoms with Gasteiger partial charge in [-0.3, -0.25) is 0 Å². The van der Waals surface area contributed by atoms with Gasteiger partial charge in [0, 0.05) is 0 Å². The van der Waals surface area contributed by atoms with Gasteiger partial charge >= 0.3 is 61.3 Å². The molecule has 0 aromatic heterocycles. The SMILES string of the molecule is O=[C](O)[SbH].[SbH2]. The van der Waals surface area contributed by atoms with Crippen molar-refractivity contribution >= 4 is 51.4 Å². The zero-order valence-electron chi connectivity index (χ0n) is 2.43. The molecule has 0 unspecified atom stereocenters. The van der Waals surface area contributed by atoms with Crippen LogP contribution in [0.5, 0.6) is 0 Å². The second kappa shape index (κ2) is 5.11. The third-order valence-corrected chi connectivity index (χ3v) is 0. The van der Waals surface area contributed by atoms with Crippen molar-refractivity contribution in [2.45, 2.75) is 0 Å². The fourth-order valence-electron chi connectivity index (χ4n) is 0. The molecule has 0 bridgehead atoms. The summed E-state index contributed by atoms with van der Waals surface area (Å²) in [6.45, 7) is 0. The normalized spacial score (nSPS) is 5.00. The van der Waals surface area contributed by atoms with Crippen LogP contribution in [0.2, 0.25) is 0 Å². The van der Waals surface area contributed by atoms with Crippen LogP contribution >= 0.6 is 0 Å². The van der Waals surface area contributed by atoms with Crippen molar-refractivity contribution in [2.75, 3.05) is 0 Å². The van der Waals surface area contributed by atoms with E-state index in [1.807, 2.05) is 0 Å². The van der Waals surface area contributed by atoms with Gasteiger partial charge in [0.2, 0.25) is 0 Å². The van der Waals surface area contributed by atoms with Gasteiger partial charge in [-0.05, 0) is 0 Å². The Morgan fingerprint density at radius 2 is 1.80 bits per heavy atom. The molecule has 2 nitrogen and oxygen atoms in total. The molecular formula is CH4O2Sb2. The first-order chi connectivity index (χ1) is 1.73. The first-order valence-corrected chi connectivity index (χ1v) is 2.10. The van der Waals surface area contributed by atoms with Crippen LogP contribution in [0, 0.1) is 0 Å². The fraction of sp³-hybridized carbons (Fsp3) is 0. The summed E-state index contributed by atoms with van der Waals surface area (Å²) in [7, 11) is 0. The molecule has 0 aliphatic carbocycles. The monoisotopic (exact) mass is 290 g/mol. The molecule has 0 spiro atoms. The summed E-state index contributed by atoms with van der Waals surface area (Å²) in [5.74, 6) is 0. The number of carbonyl (C=O) groups is 1. The number of hydrogen-bond donors (Lipinski definition) is 1. The van der Waals surface area contributed by atoms with Gasteiger partial charge in [0.1, 0.15) is 0 Å². The Balaban J connectivity index is 0. The molecule has 0 aliphatic rings. The zero-order chi connectivity index (χ0) is 3.58. The first kappa shape index (κ1) is 9.44. The van der Waals surface area contributed by atoms with Crippen molar-refractivity contribution in [1.29, 1.82) is 0 Å². The van der Waals surface area contributed by atoms with E-state index in [-0.39, 0.29) is 24.4 Å². The molecule has 30 valence electrons. The summed E-state index contributed by atoms with van der Waals surface area (Å²) in [6.07, 6.45) is 0. The quantitative estimate of drug-likeness (QED) is 0.560. The molecule has 4 heteroatoms. The third-order valence-electron chi connectivity index (χ3n) is 0. The van der Waals surface area contributed by atoms with Crippen LogP contribution in [0.1, 0.15) is 0 Å². The summed E-state index contributed by atoms with van der Waals surface area (Å²) >= 11 is 0.553. The van der Waals surface area contributed by atoms with Crippen LogP contribution in [0.3, 0.4) is 0 Å². The Morgan fingerprint density at radius 3 is 1.80 bits per heavy atom. The molecule has 0 rings (SSSR count). The van der Waals surface area contributed by atoms with E-state index in [2.05, 4.69) is 0 Å². The minimum atomic E-state index is -0.743. The Hall–Kier alpha value is 1.11. The maximum atomic E-state index is 9.04. The van der Waals surface area contributed by atoms with Crippen molar-refractivity contribution in [2.24, 2.45) is 0 Å². The molecule has 0 atom stereocenters. The van der Waals surface area contributed by atoms with Crippen LogP contribution in [0.15, 0.2) is 0 Å². The summed E-state index contributed by atoms with van der Waals surface area (Å²) in [5.41, 5.74) is 0. The van der Waals surface area contributed by atoms with Gasteiger partial charge in [0.25, 0.3) is 0 Å². The van der Waals surface area contributed by atoms with Gasteiger partial charge in [-0.1, -0.05) is 0 Å². The van der Waals surface area contributed by atoms with E-state index in [0.717, 1.165) is 0 Å². The average Bonchev–Trinajstić information content (AvgIpc) is 0.811.